The van der Waals surface area contributed by atoms with Gasteiger partial charge in [0.1, 0.15) is 10.5 Å². The SMILES string of the molecule is O=C(O)C1CCC(NCc2nc3c(Nc4cccc(Br)c4Cl)nccc3s2)CC1. The van der Waals surface area contributed by atoms with E-state index in [1.807, 2.05) is 24.3 Å². The van der Waals surface area contributed by atoms with E-state index in [1.54, 1.807) is 17.5 Å². The van der Waals surface area contributed by atoms with Crippen molar-refractivity contribution in [2.45, 2.75) is 38.3 Å². The van der Waals surface area contributed by atoms with Gasteiger partial charge in [-0.2, -0.15) is 0 Å². The van der Waals surface area contributed by atoms with Crippen LogP contribution in [0, 0.1) is 5.92 Å². The molecule has 1 fully saturated rings. The van der Waals surface area contributed by atoms with Crippen molar-refractivity contribution in [1.82, 2.24) is 15.3 Å². The molecule has 3 N–H and O–H groups in total. The van der Waals surface area contributed by atoms with Crippen LogP contribution in [0.3, 0.4) is 0 Å². The van der Waals surface area contributed by atoms with E-state index in [1.165, 1.54) is 0 Å². The second kappa shape index (κ2) is 8.95. The predicted molar refractivity (Wildman–Crippen MR) is 120 cm³/mol. The van der Waals surface area contributed by atoms with Crippen molar-refractivity contribution in [3.63, 3.8) is 0 Å². The fourth-order valence-electron chi connectivity index (χ4n) is 3.57. The number of carboxylic acid groups (broad SMARTS) is 1. The average Bonchev–Trinajstić information content (AvgIpc) is 3.14. The van der Waals surface area contributed by atoms with Gasteiger partial charge in [0, 0.05) is 23.3 Å². The van der Waals surface area contributed by atoms with Gasteiger partial charge in [0.25, 0.3) is 0 Å². The lowest BCUT2D eigenvalue weighted by atomic mass is 9.86. The first kappa shape index (κ1) is 20.5. The van der Waals surface area contributed by atoms with E-state index in [0.717, 1.165) is 51.1 Å². The third-order valence-electron chi connectivity index (χ3n) is 5.17. The molecule has 1 aliphatic carbocycles. The van der Waals surface area contributed by atoms with Gasteiger partial charge < -0.3 is 15.7 Å². The molecule has 0 atom stereocenters. The van der Waals surface area contributed by atoms with E-state index in [9.17, 15) is 4.79 Å². The lowest BCUT2D eigenvalue weighted by molar-refractivity contribution is -0.142. The fourth-order valence-corrected chi connectivity index (χ4v) is 5.03. The maximum atomic E-state index is 11.1. The average molecular weight is 496 g/mol. The van der Waals surface area contributed by atoms with Gasteiger partial charge >= 0.3 is 5.97 Å². The van der Waals surface area contributed by atoms with Gasteiger partial charge in [-0.05, 0) is 59.8 Å². The van der Waals surface area contributed by atoms with Crippen molar-refractivity contribution >= 4 is 66.6 Å². The molecule has 0 aliphatic heterocycles. The Morgan fingerprint density at radius 3 is 2.83 bits per heavy atom. The number of rotatable bonds is 6. The van der Waals surface area contributed by atoms with Crippen LogP contribution in [0.25, 0.3) is 10.2 Å². The van der Waals surface area contributed by atoms with E-state index in [-0.39, 0.29) is 5.92 Å². The second-order valence-electron chi connectivity index (χ2n) is 7.11. The highest BCUT2D eigenvalue weighted by atomic mass is 79.9. The summed E-state index contributed by atoms with van der Waals surface area (Å²) in [4.78, 5) is 20.3. The van der Waals surface area contributed by atoms with Crippen LogP contribution in [-0.2, 0) is 11.3 Å². The van der Waals surface area contributed by atoms with Crippen LogP contribution in [0.5, 0.6) is 0 Å². The third-order valence-corrected chi connectivity index (χ3v) is 7.49. The van der Waals surface area contributed by atoms with E-state index in [4.69, 9.17) is 21.7 Å². The summed E-state index contributed by atoms with van der Waals surface area (Å²) in [6.45, 7) is 0.666. The molecule has 6 nitrogen and oxygen atoms in total. The summed E-state index contributed by atoms with van der Waals surface area (Å²) < 4.78 is 1.87. The van der Waals surface area contributed by atoms with Crippen LogP contribution in [0.1, 0.15) is 30.7 Å². The number of hydrogen-bond donors (Lipinski definition) is 3. The number of halogens is 2. The maximum Gasteiger partial charge on any atom is 0.306 e. The summed E-state index contributed by atoms with van der Waals surface area (Å²) >= 11 is 11.4. The maximum absolute atomic E-state index is 11.1. The highest BCUT2D eigenvalue weighted by molar-refractivity contribution is 9.10. The van der Waals surface area contributed by atoms with Crippen molar-refractivity contribution in [1.29, 1.82) is 0 Å². The molecule has 0 unspecified atom stereocenters. The van der Waals surface area contributed by atoms with Crippen LogP contribution in [0.4, 0.5) is 11.5 Å². The Kier molecular flexibility index (Phi) is 6.34. The van der Waals surface area contributed by atoms with Crippen molar-refractivity contribution in [3.05, 3.63) is 45.0 Å². The number of fused-ring (bicyclic) bond motifs is 1. The normalized spacial score (nSPS) is 19.4. The molecule has 29 heavy (non-hydrogen) atoms. The molecule has 0 spiro atoms. The first-order chi connectivity index (χ1) is 14.0. The van der Waals surface area contributed by atoms with Gasteiger partial charge in [-0.3, -0.25) is 4.79 Å². The lowest BCUT2D eigenvalue weighted by Gasteiger charge is -2.26. The molecule has 0 saturated heterocycles. The highest BCUT2D eigenvalue weighted by Gasteiger charge is 2.25. The van der Waals surface area contributed by atoms with Crippen molar-refractivity contribution < 1.29 is 9.90 Å². The number of aromatic nitrogens is 2. The number of pyridine rings is 1. The first-order valence-electron chi connectivity index (χ1n) is 9.43. The molecule has 1 aliphatic rings. The molecule has 152 valence electrons. The molecule has 0 amide bonds. The number of hydrogen-bond acceptors (Lipinski definition) is 6. The Bertz CT molecular complexity index is 1040. The zero-order chi connectivity index (χ0) is 20.4. The highest BCUT2D eigenvalue weighted by Crippen LogP contribution is 2.34. The topological polar surface area (TPSA) is 87.1 Å². The third kappa shape index (κ3) is 4.71. The minimum atomic E-state index is -0.673. The summed E-state index contributed by atoms with van der Waals surface area (Å²) in [6, 6.07) is 8.00. The number of benzene rings is 1. The first-order valence-corrected chi connectivity index (χ1v) is 11.4. The van der Waals surface area contributed by atoms with E-state index in [0.29, 0.717) is 23.4 Å². The number of nitrogens with zero attached hydrogens (tertiary/aromatic N) is 2. The lowest BCUT2D eigenvalue weighted by Crippen LogP contribution is -2.34. The van der Waals surface area contributed by atoms with Crippen LogP contribution >= 0.6 is 38.9 Å². The Hall–Kier alpha value is -1.74. The number of aliphatic carboxylic acids is 1. The van der Waals surface area contributed by atoms with Gasteiger partial charge in [0.2, 0.25) is 0 Å². The smallest absolute Gasteiger partial charge is 0.306 e. The largest absolute Gasteiger partial charge is 0.481 e. The fraction of sp³-hybridized carbons (Fsp3) is 0.350. The van der Waals surface area contributed by atoms with E-state index in [2.05, 4.69) is 31.5 Å². The van der Waals surface area contributed by atoms with Gasteiger partial charge in [0.15, 0.2) is 5.82 Å². The second-order valence-corrected chi connectivity index (χ2v) is 9.46. The minimum Gasteiger partial charge on any atom is -0.481 e. The van der Waals surface area contributed by atoms with Crippen molar-refractivity contribution in [2.24, 2.45) is 5.92 Å². The quantitative estimate of drug-likeness (QED) is 0.413. The van der Waals surface area contributed by atoms with E-state index < -0.39 is 5.97 Å². The predicted octanol–water partition coefficient (Wildman–Crippen LogP) is 5.58. The molecule has 1 aromatic carbocycles. The Morgan fingerprint density at radius 1 is 1.28 bits per heavy atom. The summed E-state index contributed by atoms with van der Waals surface area (Å²) in [5.74, 6) is -0.195. The van der Waals surface area contributed by atoms with Gasteiger partial charge in [-0.25, -0.2) is 9.97 Å². The number of carboxylic acids is 1. The molecule has 2 aromatic heterocycles. The summed E-state index contributed by atoms with van der Waals surface area (Å²) in [5.41, 5.74) is 1.59. The molecular weight excluding hydrogens is 476 g/mol. The summed E-state index contributed by atoms with van der Waals surface area (Å²) in [7, 11) is 0. The van der Waals surface area contributed by atoms with E-state index >= 15 is 0 Å². The number of nitrogens with one attached hydrogen (secondary N) is 2. The molecule has 2 heterocycles. The van der Waals surface area contributed by atoms with Gasteiger partial charge in [0.05, 0.1) is 21.3 Å². The monoisotopic (exact) mass is 494 g/mol. The number of thiazole rings is 1. The zero-order valence-electron chi connectivity index (χ0n) is 15.5. The Morgan fingerprint density at radius 2 is 2.07 bits per heavy atom. The number of anilines is 2. The van der Waals surface area contributed by atoms with Crippen molar-refractivity contribution in [2.75, 3.05) is 5.32 Å². The molecular formula is C20H20BrClN4O2S. The molecule has 4 rings (SSSR count). The summed E-state index contributed by atoms with van der Waals surface area (Å²) in [5, 5.41) is 17.5. The van der Waals surface area contributed by atoms with Gasteiger partial charge in [-0.1, -0.05) is 17.7 Å². The summed E-state index contributed by atoms with van der Waals surface area (Å²) in [6.07, 6.45) is 5.00. The molecule has 0 radical (unpaired) electrons. The minimum absolute atomic E-state index is 0.194. The van der Waals surface area contributed by atoms with Crippen LogP contribution in [-0.4, -0.2) is 27.1 Å². The molecule has 0 bridgehead atoms. The standard InChI is InChI=1S/C20H20BrClN4O2S/c21-13-2-1-3-14(17(13)22)25-19-18-15(8-9-23-19)29-16(26-18)10-24-12-6-4-11(5-7-12)20(27)28/h1-3,8-9,11-12,24H,4-7,10H2,(H,23,25)(H,27,28). The molecule has 1 saturated carbocycles. The molecule has 9 heteroatoms. The molecule has 3 aromatic rings. The zero-order valence-corrected chi connectivity index (χ0v) is 18.6. The van der Waals surface area contributed by atoms with Gasteiger partial charge in [-0.15, -0.1) is 11.3 Å². The Balaban J connectivity index is 1.45. The number of carbonyl (C=O) groups is 1. The van der Waals surface area contributed by atoms with Crippen LogP contribution in [0.2, 0.25) is 5.02 Å². The Labute approximate surface area is 185 Å². The van der Waals surface area contributed by atoms with Crippen LogP contribution in [0.15, 0.2) is 34.9 Å². The van der Waals surface area contributed by atoms with Crippen LogP contribution < -0.4 is 10.6 Å². The van der Waals surface area contributed by atoms with Crippen molar-refractivity contribution in [3.8, 4) is 0 Å².